The van der Waals surface area contributed by atoms with Gasteiger partial charge in [-0.1, -0.05) is 59.8 Å². The minimum absolute atomic E-state index is 0. The van der Waals surface area contributed by atoms with Gasteiger partial charge < -0.3 is 93.6 Å². The number of hydrogen-bond donors (Lipinski definition) is 8. The molecule has 0 bridgehead atoms. The van der Waals surface area contributed by atoms with Crippen molar-refractivity contribution in [3.05, 3.63) is 134 Å². The third kappa shape index (κ3) is 34.8. The first-order valence-corrected chi connectivity index (χ1v) is 39.0. The fourth-order valence-electron chi connectivity index (χ4n) is 11.2. The maximum absolute atomic E-state index is 13.9. The monoisotopic (exact) mass is 1920 g/mol. The molecule has 3 aromatic heterocycles. The van der Waals surface area contributed by atoms with E-state index in [4.69, 9.17) is 71.6 Å². The molecule has 3 aromatic carbocycles. The molecule has 0 aliphatic carbocycles. The van der Waals surface area contributed by atoms with Crippen LogP contribution in [0.25, 0.3) is 0 Å². The molecular weight excluding hydrogens is 1840 g/mol. The summed E-state index contributed by atoms with van der Waals surface area (Å²) < 4.78 is 189. The van der Waals surface area contributed by atoms with E-state index in [1.807, 2.05) is 51.3 Å². The molecule has 122 heavy (non-hydrogen) atoms. The Kier molecular flexibility index (Phi) is 48.4. The topological polar surface area (TPSA) is 493 Å². The number of aliphatic hydroxyl groups excluding tert-OH is 4. The third-order valence-electron chi connectivity index (χ3n) is 16.2. The van der Waals surface area contributed by atoms with Crippen LogP contribution in [0, 0.1) is 0 Å². The van der Waals surface area contributed by atoms with Crippen molar-refractivity contribution in [3.8, 4) is 11.8 Å². The van der Waals surface area contributed by atoms with Crippen LogP contribution in [0.4, 0.5) is 39.5 Å². The second kappa shape index (κ2) is 52.8. The Balaban J connectivity index is 0.000000829. The summed E-state index contributed by atoms with van der Waals surface area (Å²) in [5.41, 5.74) is -3.29. The van der Waals surface area contributed by atoms with Gasteiger partial charge in [0.2, 0.25) is 30.4 Å². The largest absolute Gasteiger partial charge is 1.00 e. The number of H-pyrrole nitrogens is 4. The van der Waals surface area contributed by atoms with Crippen LogP contribution in [0.3, 0.4) is 0 Å². The van der Waals surface area contributed by atoms with Gasteiger partial charge in [0.1, 0.15) is 66.9 Å². The van der Waals surface area contributed by atoms with Crippen LogP contribution < -0.4 is 123 Å². The second-order valence-electron chi connectivity index (χ2n) is 25.0. The zero-order valence-corrected chi connectivity index (χ0v) is 76.6. The molecule has 6 heterocycles. The van der Waals surface area contributed by atoms with E-state index >= 15 is 0 Å². The molecule has 0 saturated carbocycles. The van der Waals surface area contributed by atoms with Gasteiger partial charge in [-0.2, -0.15) is 39.5 Å². The first-order valence-electron chi connectivity index (χ1n) is 34.4. The van der Waals surface area contributed by atoms with Gasteiger partial charge in [0, 0.05) is 89.3 Å². The fourth-order valence-corrected chi connectivity index (χ4v) is 13.1. The number of carbonyl (C=O) groups is 9. The normalized spacial score (nSPS) is 22.1. The minimum Gasteiger partial charge on any atom is -1.00 e. The summed E-state index contributed by atoms with van der Waals surface area (Å²) in [5.74, 6) is -6.89. The van der Waals surface area contributed by atoms with Crippen molar-refractivity contribution in [2.45, 2.75) is 206 Å². The van der Waals surface area contributed by atoms with E-state index in [1.54, 1.807) is 72.4 Å². The van der Waals surface area contributed by atoms with Gasteiger partial charge in [-0.05, 0) is 71.9 Å². The van der Waals surface area contributed by atoms with Crippen molar-refractivity contribution in [1.82, 2.24) is 30.6 Å². The Morgan fingerprint density at radius 3 is 1.13 bits per heavy atom. The summed E-state index contributed by atoms with van der Waals surface area (Å²) in [7, 11) is 0. The van der Waals surface area contributed by atoms with Crippen LogP contribution in [-0.2, 0) is 138 Å². The number of esters is 8. The number of thioether (sulfide) groups is 3. The number of hydrogen-bond acceptors (Lipinski definition) is 34. The Morgan fingerprint density at radius 2 is 0.795 bits per heavy atom. The Labute approximate surface area is 797 Å². The zero-order valence-electron chi connectivity index (χ0n) is 67.3. The molecule has 8 N–H and O–H groups in total. The molecule has 668 valence electrons. The van der Waals surface area contributed by atoms with E-state index < -0.39 is 205 Å². The molecular formula is C72H86BrF9K2N6O29S3. The molecule has 3 fully saturated rings. The second-order valence-corrected chi connectivity index (χ2v) is 28.6. The van der Waals surface area contributed by atoms with Gasteiger partial charge in [-0.25, -0.2) is 0 Å². The van der Waals surface area contributed by atoms with Gasteiger partial charge in [0.25, 0.3) is 12.0 Å². The predicted octanol–water partition coefficient (Wildman–Crippen LogP) is 0.813. The van der Waals surface area contributed by atoms with Crippen LogP contribution in [0.15, 0.2) is 92.3 Å². The number of aromatic amines is 4. The zero-order chi connectivity index (χ0) is 89.1. The van der Waals surface area contributed by atoms with Crippen molar-refractivity contribution >= 4 is 105 Å². The van der Waals surface area contributed by atoms with Crippen molar-refractivity contribution in [2.75, 3.05) is 38.6 Å². The average molecular weight is 1920 g/mol. The molecule has 15 atom stereocenters. The Morgan fingerprint density at radius 1 is 0.475 bits per heavy atom. The van der Waals surface area contributed by atoms with E-state index in [-0.39, 0.29) is 161 Å². The molecule has 0 unspecified atom stereocenters. The van der Waals surface area contributed by atoms with Gasteiger partial charge in [0.15, 0.2) is 35.5 Å². The quantitative estimate of drug-likeness (QED) is 0.00452. The van der Waals surface area contributed by atoms with Gasteiger partial charge >= 0.3 is 169 Å². The molecule has 3 saturated heterocycles. The number of benzene rings is 3. The molecule has 50 heteroatoms. The number of nitrogens with one attached hydrogen (secondary N) is 4. The number of aliphatic hydroxyl groups is 4. The van der Waals surface area contributed by atoms with Gasteiger partial charge in [-0.3, -0.25) is 68.3 Å². The fraction of sp³-hybridized carbons (Fsp3) is 0.500. The number of alkyl halides is 10. The summed E-state index contributed by atoms with van der Waals surface area (Å²) in [5, 5.41) is 61.6. The van der Waals surface area contributed by atoms with Crippen molar-refractivity contribution < 1.29 is 279 Å². The number of carbonyl (C=O) groups excluding carboxylic acids is 9. The van der Waals surface area contributed by atoms with Crippen LogP contribution in [0.5, 0.6) is 11.8 Å². The van der Waals surface area contributed by atoms with E-state index in [0.29, 0.717) is 16.7 Å². The molecule has 9 rings (SSSR count). The van der Waals surface area contributed by atoms with E-state index in [2.05, 4.69) is 31.0 Å². The number of ether oxygens (including phenoxy) is 13. The van der Waals surface area contributed by atoms with Crippen LogP contribution in [-0.4, -0.2) is 235 Å². The Bertz CT molecular complexity index is 4410. The molecule has 3 aliphatic heterocycles. The summed E-state index contributed by atoms with van der Waals surface area (Å²) >= 11 is 7.67. The SMILES string of the molecule is C.CC(=O)OC[C@H]1O[C@H](Br)[C@H](OC(C)=O)[C@@H](OC(C)=O)[C@@H]1OC(C)=O.CSc1ccc(Cc2c(C(F)(F)F)[nH][nH]c2=O)cc1.CSc1ccc(Cc2c(O[C@@H]3O[C@H](CO)[C@@H](O)[C@H](O)[C@H]3O)n[nH]c2C(F)(F)F)cc1.CSc1ccc(Cc2c(O[C@@H]3O[C@H](COC(C)=O)[C@@H](OC(C)=O)[C@H](OC(C)=O)[C@H]3OC(C)=O)n[nH]c2C(F)(F)F)cc1.O=CO[O-].[H-].[K+].[K+]. The number of rotatable bonds is 25. The third-order valence-corrected chi connectivity index (χ3v) is 19.2. The van der Waals surface area contributed by atoms with Crippen LogP contribution >= 0.6 is 51.2 Å². The number of nitrogens with zero attached hydrogens (tertiary/aromatic N) is 2. The van der Waals surface area contributed by atoms with Crippen molar-refractivity contribution in [1.29, 1.82) is 0 Å². The summed E-state index contributed by atoms with van der Waals surface area (Å²) in [6.45, 7) is 7.26. The van der Waals surface area contributed by atoms with Crippen LogP contribution in [0.2, 0.25) is 0 Å². The first kappa shape index (κ1) is 112. The molecule has 0 radical (unpaired) electrons. The standard InChI is InChI=1S/C26H29F3N2O10S.C18H21F3N2O6S.C14H19BrO9.C12H11F3N2OS.CH2O3.CH4.2K.H/c1-12(32)36-11-19-20(37-13(2)33)21(38-14(3)34)22(39-15(4)35)25(40-19)41-24-18(23(30-31-24)26(27,28)29)10-16-6-8-17(42-5)9-7-16;1-30-9-4-2-8(3-5-9)6-10-15(18(19,20)21)22-23-16(10)29-17-14(27)13(26)12(25)11(7-24)28-17;1-6(16)20-5-10-11(21-7(2)17)12(22-8(3)18)13(14(15)24-10)23-9(4)19;1-19-8-4-2-7(3-5-8)6-9-10(12(13,14)15)16-17-11(9)18;2-1-4-3;;;;/h6-9,19-22,25H,10-11H2,1-5H3,(H,30,31);2-5,11-14,17,24-27H,6-7H2,1H3,(H,22,23);10-14H,5H2,1-4H3;2-5H,6H2,1H3,(H2,16,17,18);1,3H;1H4;;;/q;;;;;;2*+1;-1/p-1/t19-,20-,21+,22-,25+;11-,12-,13+,14-,17+;10-,11-,12+,13-,14+;;;;;;/m111....../s1. The van der Waals surface area contributed by atoms with E-state index in [1.165, 1.54) is 37.4 Å². The number of aromatic nitrogens is 6. The molecule has 0 amide bonds. The van der Waals surface area contributed by atoms with Gasteiger partial charge in [0.05, 0.1) is 23.3 Å². The maximum Gasteiger partial charge on any atom is 1.00 e. The summed E-state index contributed by atoms with van der Waals surface area (Å²) in [4.78, 5) is 118. The maximum atomic E-state index is 13.9. The smallest absolute Gasteiger partial charge is 1.00 e. The van der Waals surface area contributed by atoms with Crippen molar-refractivity contribution in [3.63, 3.8) is 0 Å². The molecule has 35 nitrogen and oxygen atoms in total. The summed E-state index contributed by atoms with van der Waals surface area (Å²) in [6.07, 6.45) is -29.1. The van der Waals surface area contributed by atoms with Crippen molar-refractivity contribution in [2.24, 2.45) is 0 Å². The van der Waals surface area contributed by atoms with E-state index in [9.17, 15) is 103 Å². The van der Waals surface area contributed by atoms with Crippen LogP contribution in [0.1, 0.15) is 115 Å². The number of halogens is 10. The Hall–Kier alpha value is -6.23. The minimum atomic E-state index is -4.84. The average Bonchev–Trinajstić information content (AvgIpc) is 1.76. The van der Waals surface area contributed by atoms with Gasteiger partial charge in [-0.15, -0.1) is 45.5 Å². The predicted molar refractivity (Wildman–Crippen MR) is 400 cm³/mol. The molecule has 6 aromatic rings. The first-order chi connectivity index (χ1) is 55.8. The van der Waals surface area contributed by atoms with E-state index in [0.717, 1.165) is 56.2 Å². The molecule has 3 aliphatic rings. The molecule has 0 spiro atoms. The summed E-state index contributed by atoms with van der Waals surface area (Å²) in [6, 6.07) is 20.7.